The first-order chi connectivity index (χ1) is 11.0. The standard InChI is InChI=1S/C16H23N3O3S.ClH/c1-2-16(20)18-11-5-7-15(8-6-11)23(21,22)19-14-9-12-3-4-13(10-14)17-12;/h5-8,12-14,17,19H,2-4,9-10H2,1H3,(H,18,20);1H. The van der Waals surface area contributed by atoms with Gasteiger partial charge in [-0.15, -0.1) is 12.4 Å². The first-order valence-electron chi connectivity index (χ1n) is 8.14. The van der Waals surface area contributed by atoms with Crippen LogP contribution < -0.4 is 15.4 Å². The molecule has 24 heavy (non-hydrogen) atoms. The molecule has 6 nitrogen and oxygen atoms in total. The molecule has 2 bridgehead atoms. The van der Waals surface area contributed by atoms with Gasteiger partial charge in [-0.3, -0.25) is 4.79 Å². The highest BCUT2D eigenvalue weighted by Gasteiger charge is 2.35. The summed E-state index contributed by atoms with van der Waals surface area (Å²) >= 11 is 0. The maximum atomic E-state index is 12.5. The van der Waals surface area contributed by atoms with E-state index in [0.29, 0.717) is 24.2 Å². The maximum Gasteiger partial charge on any atom is 0.240 e. The summed E-state index contributed by atoms with van der Waals surface area (Å²) in [6.07, 6.45) is 4.35. The minimum absolute atomic E-state index is 0. The molecule has 0 spiro atoms. The van der Waals surface area contributed by atoms with Gasteiger partial charge in [-0.05, 0) is 49.9 Å². The van der Waals surface area contributed by atoms with Crippen LogP contribution in [0.15, 0.2) is 29.2 Å². The molecule has 2 aliphatic rings. The van der Waals surface area contributed by atoms with Crippen molar-refractivity contribution < 1.29 is 13.2 Å². The van der Waals surface area contributed by atoms with Gasteiger partial charge in [0, 0.05) is 30.2 Å². The minimum Gasteiger partial charge on any atom is -0.326 e. The molecule has 2 fully saturated rings. The number of halogens is 1. The molecular formula is C16H24ClN3O3S. The summed E-state index contributed by atoms with van der Waals surface area (Å²) in [6.45, 7) is 1.77. The number of anilines is 1. The van der Waals surface area contributed by atoms with Crippen molar-refractivity contribution in [3.05, 3.63) is 24.3 Å². The quantitative estimate of drug-likeness (QED) is 0.736. The van der Waals surface area contributed by atoms with Crippen LogP contribution in [0.2, 0.25) is 0 Å². The Morgan fingerprint density at radius 1 is 1.17 bits per heavy atom. The highest BCUT2D eigenvalue weighted by atomic mass is 35.5. The number of amides is 1. The third kappa shape index (κ3) is 4.47. The molecule has 1 amide bonds. The van der Waals surface area contributed by atoms with Crippen LogP contribution >= 0.6 is 12.4 Å². The molecule has 0 aromatic heterocycles. The van der Waals surface area contributed by atoms with Gasteiger partial charge in [0.05, 0.1) is 4.90 Å². The summed E-state index contributed by atoms with van der Waals surface area (Å²) in [7, 11) is -3.52. The Labute approximate surface area is 149 Å². The van der Waals surface area contributed by atoms with Crippen molar-refractivity contribution in [2.75, 3.05) is 5.32 Å². The molecular weight excluding hydrogens is 350 g/mol. The van der Waals surface area contributed by atoms with E-state index in [2.05, 4.69) is 15.4 Å². The van der Waals surface area contributed by atoms with E-state index < -0.39 is 10.0 Å². The Bertz CT molecular complexity index is 666. The first-order valence-corrected chi connectivity index (χ1v) is 9.63. The summed E-state index contributed by atoms with van der Waals surface area (Å²) in [4.78, 5) is 11.6. The molecule has 0 radical (unpaired) electrons. The van der Waals surface area contributed by atoms with Gasteiger partial charge in [0.25, 0.3) is 0 Å². The summed E-state index contributed by atoms with van der Waals surface area (Å²) < 4.78 is 27.8. The van der Waals surface area contributed by atoms with Crippen LogP contribution in [-0.2, 0) is 14.8 Å². The van der Waals surface area contributed by atoms with Crippen molar-refractivity contribution in [1.82, 2.24) is 10.0 Å². The summed E-state index contributed by atoms with van der Waals surface area (Å²) in [5, 5.41) is 6.21. The number of hydrogen-bond acceptors (Lipinski definition) is 4. The van der Waals surface area contributed by atoms with Gasteiger partial charge in [0.15, 0.2) is 0 Å². The average Bonchev–Trinajstić information content (AvgIpc) is 2.86. The van der Waals surface area contributed by atoms with Gasteiger partial charge in [0.2, 0.25) is 15.9 Å². The number of sulfonamides is 1. The number of hydrogen-bond donors (Lipinski definition) is 3. The molecule has 2 unspecified atom stereocenters. The van der Waals surface area contributed by atoms with E-state index in [1.165, 1.54) is 12.1 Å². The Hall–Kier alpha value is -1.15. The van der Waals surface area contributed by atoms with Crippen molar-refractivity contribution in [3.63, 3.8) is 0 Å². The highest BCUT2D eigenvalue weighted by molar-refractivity contribution is 7.89. The predicted molar refractivity (Wildman–Crippen MR) is 95.9 cm³/mol. The second-order valence-electron chi connectivity index (χ2n) is 6.35. The Morgan fingerprint density at radius 3 is 2.29 bits per heavy atom. The van der Waals surface area contributed by atoms with Gasteiger partial charge in [-0.25, -0.2) is 13.1 Å². The molecule has 2 saturated heterocycles. The molecule has 8 heteroatoms. The molecule has 2 atom stereocenters. The van der Waals surface area contributed by atoms with Crippen molar-refractivity contribution in [2.45, 2.75) is 62.0 Å². The smallest absolute Gasteiger partial charge is 0.240 e. The first kappa shape index (κ1) is 19.2. The molecule has 1 aromatic rings. The summed E-state index contributed by atoms with van der Waals surface area (Å²) in [5.41, 5.74) is 0.607. The zero-order valence-electron chi connectivity index (χ0n) is 13.6. The molecule has 0 saturated carbocycles. The van der Waals surface area contributed by atoms with E-state index in [9.17, 15) is 13.2 Å². The number of fused-ring (bicyclic) bond motifs is 2. The molecule has 3 N–H and O–H groups in total. The summed E-state index contributed by atoms with van der Waals surface area (Å²) in [6, 6.07) is 7.18. The number of piperidine rings is 1. The normalized spacial score (nSPS) is 25.8. The van der Waals surface area contributed by atoms with E-state index in [4.69, 9.17) is 0 Å². The van der Waals surface area contributed by atoms with Crippen molar-refractivity contribution in [2.24, 2.45) is 0 Å². The number of rotatable bonds is 5. The number of nitrogens with one attached hydrogen (secondary N) is 3. The van der Waals surface area contributed by atoms with Crippen molar-refractivity contribution >= 4 is 34.0 Å². The fourth-order valence-electron chi connectivity index (χ4n) is 3.41. The van der Waals surface area contributed by atoms with Crippen LogP contribution in [0, 0.1) is 0 Å². The van der Waals surface area contributed by atoms with Gasteiger partial charge < -0.3 is 10.6 Å². The SMILES string of the molecule is CCC(=O)Nc1ccc(S(=O)(=O)NC2CC3CCC(C2)N3)cc1.Cl. The Morgan fingerprint density at radius 2 is 1.75 bits per heavy atom. The van der Waals surface area contributed by atoms with Crippen LogP contribution in [0.1, 0.15) is 39.0 Å². The lowest BCUT2D eigenvalue weighted by molar-refractivity contribution is -0.115. The predicted octanol–water partition coefficient (Wildman–Crippen LogP) is 2.02. The molecule has 2 heterocycles. The van der Waals surface area contributed by atoms with Crippen LogP contribution in [-0.4, -0.2) is 32.5 Å². The Kier molecular flexibility index (Phi) is 6.25. The van der Waals surface area contributed by atoms with E-state index in [1.807, 2.05) is 0 Å². The monoisotopic (exact) mass is 373 g/mol. The molecule has 2 aliphatic heterocycles. The number of benzene rings is 1. The second kappa shape index (κ2) is 7.82. The molecule has 134 valence electrons. The summed E-state index contributed by atoms with van der Waals surface area (Å²) in [5.74, 6) is -0.0936. The van der Waals surface area contributed by atoms with Crippen LogP contribution in [0.3, 0.4) is 0 Å². The minimum atomic E-state index is -3.52. The van der Waals surface area contributed by atoms with Crippen LogP contribution in [0.5, 0.6) is 0 Å². The van der Waals surface area contributed by atoms with E-state index in [-0.39, 0.29) is 29.3 Å². The zero-order chi connectivity index (χ0) is 16.4. The maximum absolute atomic E-state index is 12.5. The fourth-order valence-corrected chi connectivity index (χ4v) is 4.67. The van der Waals surface area contributed by atoms with Crippen LogP contribution in [0.4, 0.5) is 5.69 Å². The third-order valence-corrected chi connectivity index (χ3v) is 6.10. The van der Waals surface area contributed by atoms with Gasteiger partial charge in [-0.1, -0.05) is 6.92 Å². The topological polar surface area (TPSA) is 87.3 Å². The number of carbonyl (C=O) groups excluding carboxylic acids is 1. The lowest BCUT2D eigenvalue weighted by atomic mass is 10.0. The van der Waals surface area contributed by atoms with E-state index in [1.54, 1.807) is 19.1 Å². The van der Waals surface area contributed by atoms with Gasteiger partial charge in [0.1, 0.15) is 0 Å². The van der Waals surface area contributed by atoms with E-state index >= 15 is 0 Å². The van der Waals surface area contributed by atoms with Gasteiger partial charge >= 0.3 is 0 Å². The third-order valence-electron chi connectivity index (χ3n) is 4.56. The second-order valence-corrected chi connectivity index (χ2v) is 8.07. The Balaban J connectivity index is 0.00000208. The van der Waals surface area contributed by atoms with Crippen molar-refractivity contribution in [1.29, 1.82) is 0 Å². The lowest BCUT2D eigenvalue weighted by Crippen LogP contribution is -2.47. The van der Waals surface area contributed by atoms with Crippen molar-refractivity contribution in [3.8, 4) is 0 Å². The van der Waals surface area contributed by atoms with E-state index in [0.717, 1.165) is 25.7 Å². The lowest BCUT2D eigenvalue weighted by Gasteiger charge is -2.29. The molecule has 3 rings (SSSR count). The average molecular weight is 374 g/mol. The highest BCUT2D eigenvalue weighted by Crippen LogP contribution is 2.27. The molecule has 1 aromatic carbocycles. The van der Waals surface area contributed by atoms with Gasteiger partial charge in [-0.2, -0.15) is 0 Å². The number of carbonyl (C=O) groups is 1. The molecule has 0 aliphatic carbocycles. The largest absolute Gasteiger partial charge is 0.326 e. The fraction of sp³-hybridized carbons (Fsp3) is 0.562. The zero-order valence-corrected chi connectivity index (χ0v) is 15.3. The van der Waals surface area contributed by atoms with Crippen LogP contribution in [0.25, 0.3) is 0 Å².